The van der Waals surface area contributed by atoms with Gasteiger partial charge in [0.15, 0.2) is 0 Å². The van der Waals surface area contributed by atoms with E-state index in [9.17, 15) is 24.8 Å². The molecule has 2 atom stereocenters. The smallest absolute Gasteiger partial charge is 0.255 e. The normalized spacial score (nSPS) is 27.6. The maximum absolute atomic E-state index is 13.1. The van der Waals surface area contributed by atoms with E-state index in [1.807, 2.05) is 12.1 Å². The number of nitrogens with zero attached hydrogens (tertiary/aromatic N) is 3. The topological polar surface area (TPSA) is 114 Å². The number of nitriles is 1. The quantitative estimate of drug-likeness (QED) is 0.579. The van der Waals surface area contributed by atoms with E-state index in [0.29, 0.717) is 31.5 Å². The highest BCUT2D eigenvalue weighted by molar-refractivity contribution is 6.05. The summed E-state index contributed by atoms with van der Waals surface area (Å²) in [6, 6.07) is 15.8. The van der Waals surface area contributed by atoms with Gasteiger partial charge < -0.3 is 10.0 Å². The number of amides is 3. The van der Waals surface area contributed by atoms with Crippen LogP contribution >= 0.6 is 0 Å². The van der Waals surface area contributed by atoms with Crippen LogP contribution in [0.2, 0.25) is 0 Å². The zero-order valence-electron chi connectivity index (χ0n) is 22.5. The van der Waals surface area contributed by atoms with Crippen molar-refractivity contribution in [3.63, 3.8) is 0 Å². The van der Waals surface area contributed by atoms with Crippen LogP contribution in [0.3, 0.4) is 0 Å². The van der Waals surface area contributed by atoms with Gasteiger partial charge in [0.1, 0.15) is 6.04 Å². The van der Waals surface area contributed by atoms with Crippen molar-refractivity contribution >= 4 is 17.7 Å². The van der Waals surface area contributed by atoms with Gasteiger partial charge in [0.2, 0.25) is 11.8 Å². The van der Waals surface area contributed by atoms with E-state index in [1.54, 1.807) is 11.0 Å². The Morgan fingerprint density at radius 3 is 2.41 bits per heavy atom. The van der Waals surface area contributed by atoms with Crippen LogP contribution in [-0.2, 0) is 33.7 Å². The van der Waals surface area contributed by atoms with Crippen LogP contribution in [-0.4, -0.2) is 51.8 Å². The Bertz CT molecular complexity index is 1400. The first-order chi connectivity index (χ1) is 18.5. The van der Waals surface area contributed by atoms with Gasteiger partial charge in [0.05, 0.1) is 17.1 Å². The second-order valence-electron chi connectivity index (χ2n) is 12.4. The predicted octanol–water partition coefficient (Wildman–Crippen LogP) is 3.12. The van der Waals surface area contributed by atoms with E-state index >= 15 is 0 Å². The summed E-state index contributed by atoms with van der Waals surface area (Å²) in [5, 5.41) is 23.8. The minimum Gasteiger partial charge on any atom is -0.385 e. The molecule has 2 aromatic rings. The van der Waals surface area contributed by atoms with Gasteiger partial charge in [-0.3, -0.25) is 24.6 Å². The number of carbonyl (C=O) groups excluding carboxylic acids is 3. The molecule has 0 spiro atoms. The molecule has 3 aliphatic heterocycles. The van der Waals surface area contributed by atoms with Crippen molar-refractivity contribution in [2.75, 3.05) is 13.1 Å². The molecule has 8 heteroatoms. The maximum atomic E-state index is 13.1. The molecule has 3 heterocycles. The summed E-state index contributed by atoms with van der Waals surface area (Å²) in [6.07, 6.45) is 2.98. The molecule has 0 aromatic heterocycles. The maximum Gasteiger partial charge on any atom is 0.255 e. The molecule has 8 nitrogen and oxygen atoms in total. The summed E-state index contributed by atoms with van der Waals surface area (Å²) >= 11 is 0. The molecule has 2 N–H and O–H groups in total. The number of piperidine rings is 2. The number of hydrogen-bond acceptors (Lipinski definition) is 6. The Morgan fingerprint density at radius 1 is 1.05 bits per heavy atom. The lowest BCUT2D eigenvalue weighted by atomic mass is 9.66. The lowest BCUT2D eigenvalue weighted by Gasteiger charge is -2.50. The van der Waals surface area contributed by atoms with E-state index in [-0.39, 0.29) is 23.7 Å². The predicted molar refractivity (Wildman–Crippen MR) is 143 cm³/mol. The third kappa shape index (κ3) is 4.25. The Morgan fingerprint density at radius 2 is 1.77 bits per heavy atom. The number of benzene rings is 2. The molecule has 2 unspecified atom stereocenters. The molecule has 1 aliphatic carbocycles. The van der Waals surface area contributed by atoms with Crippen LogP contribution in [0.15, 0.2) is 42.5 Å². The second-order valence-corrected chi connectivity index (χ2v) is 12.4. The van der Waals surface area contributed by atoms with Gasteiger partial charge >= 0.3 is 0 Å². The lowest BCUT2D eigenvalue weighted by Crippen LogP contribution is -2.55. The zero-order chi connectivity index (χ0) is 27.6. The van der Waals surface area contributed by atoms with E-state index < -0.39 is 23.0 Å². The number of carbonyl (C=O) groups is 3. The van der Waals surface area contributed by atoms with E-state index in [1.165, 1.54) is 5.56 Å². The average Bonchev–Trinajstić information content (AvgIpc) is 3.64. The fourth-order valence-electron chi connectivity index (χ4n) is 6.71. The molecule has 6 rings (SSSR count). The molecule has 202 valence electrons. The number of imide groups is 1. The van der Waals surface area contributed by atoms with Gasteiger partial charge in [-0.1, -0.05) is 50.2 Å². The molecule has 3 amide bonds. The molecule has 3 fully saturated rings. The number of nitrogens with one attached hydrogen (secondary N) is 1. The first-order valence-electron chi connectivity index (χ1n) is 13.8. The van der Waals surface area contributed by atoms with Crippen molar-refractivity contribution in [2.45, 2.75) is 76.1 Å². The van der Waals surface area contributed by atoms with Crippen molar-refractivity contribution in [2.24, 2.45) is 5.41 Å². The monoisotopic (exact) mass is 526 g/mol. The molecular weight excluding hydrogens is 492 g/mol. The zero-order valence-corrected chi connectivity index (χ0v) is 22.5. The standard InChI is InChI=1S/C31H34N4O4/c1-29(2)19-34(16-20-3-5-22(6-4-20)30(18-32)11-12-30)14-13-31(29,39)23-7-8-24-21(15-23)17-35(28(24)38)25-9-10-26(36)33-27(25)37/h3-8,15,25,39H,9-14,16-17,19H2,1-2H3,(H,33,36,37). The van der Waals surface area contributed by atoms with Gasteiger partial charge in [-0.25, -0.2) is 0 Å². The third-order valence-electron chi connectivity index (χ3n) is 9.41. The van der Waals surface area contributed by atoms with Crippen LogP contribution in [0.25, 0.3) is 0 Å². The Labute approximate surface area is 228 Å². The highest BCUT2D eigenvalue weighted by Crippen LogP contribution is 2.48. The van der Waals surface area contributed by atoms with E-state index in [2.05, 4.69) is 54.4 Å². The number of fused-ring (bicyclic) bond motifs is 1. The summed E-state index contributed by atoms with van der Waals surface area (Å²) in [5.41, 5.74) is 2.64. The summed E-state index contributed by atoms with van der Waals surface area (Å²) in [5.74, 6) is -0.937. The van der Waals surface area contributed by atoms with Crippen LogP contribution < -0.4 is 5.32 Å². The molecule has 0 bridgehead atoms. The van der Waals surface area contributed by atoms with Crippen molar-refractivity contribution in [1.82, 2.24) is 15.1 Å². The number of rotatable bonds is 5. The van der Waals surface area contributed by atoms with Crippen molar-refractivity contribution in [3.05, 3.63) is 70.3 Å². The number of aliphatic hydroxyl groups is 1. The minimum absolute atomic E-state index is 0.208. The van der Waals surface area contributed by atoms with Gasteiger partial charge in [-0.05, 0) is 54.0 Å². The van der Waals surface area contributed by atoms with Gasteiger partial charge in [-0.15, -0.1) is 0 Å². The fraction of sp³-hybridized carbons (Fsp3) is 0.484. The van der Waals surface area contributed by atoms with Gasteiger partial charge in [0.25, 0.3) is 5.91 Å². The van der Waals surface area contributed by atoms with Gasteiger partial charge in [0, 0.05) is 43.6 Å². The largest absolute Gasteiger partial charge is 0.385 e. The molecule has 2 saturated heterocycles. The molecule has 1 saturated carbocycles. The van der Waals surface area contributed by atoms with Gasteiger partial charge in [-0.2, -0.15) is 5.26 Å². The Hall–Kier alpha value is -3.54. The number of likely N-dealkylation sites (tertiary alicyclic amines) is 1. The second kappa shape index (κ2) is 9.00. The minimum atomic E-state index is -1.07. The van der Waals surface area contributed by atoms with Crippen LogP contribution in [0, 0.1) is 16.7 Å². The van der Waals surface area contributed by atoms with Crippen molar-refractivity contribution in [1.29, 1.82) is 5.26 Å². The number of hydrogen-bond donors (Lipinski definition) is 2. The first kappa shape index (κ1) is 25.7. The third-order valence-corrected chi connectivity index (χ3v) is 9.41. The molecular formula is C31H34N4O4. The Balaban J connectivity index is 1.16. The van der Waals surface area contributed by atoms with Crippen molar-refractivity contribution < 1.29 is 19.5 Å². The molecule has 2 aromatic carbocycles. The van der Waals surface area contributed by atoms with Crippen LogP contribution in [0.1, 0.15) is 78.6 Å². The Kier molecular flexibility index (Phi) is 5.94. The summed E-state index contributed by atoms with van der Waals surface area (Å²) in [4.78, 5) is 41.0. The summed E-state index contributed by atoms with van der Waals surface area (Å²) in [6.45, 7) is 6.66. The highest BCUT2D eigenvalue weighted by atomic mass is 16.3. The van der Waals surface area contributed by atoms with Crippen LogP contribution in [0.4, 0.5) is 0 Å². The van der Waals surface area contributed by atoms with Crippen LogP contribution in [0.5, 0.6) is 0 Å². The fourth-order valence-corrected chi connectivity index (χ4v) is 6.71. The SMILES string of the molecule is CC1(C)CN(Cc2ccc(C3(C#N)CC3)cc2)CCC1(O)c1ccc2c(c1)CN(C1CCC(=O)NC1=O)C2=O. The first-order valence-corrected chi connectivity index (χ1v) is 13.8. The summed E-state index contributed by atoms with van der Waals surface area (Å²) in [7, 11) is 0. The molecule has 39 heavy (non-hydrogen) atoms. The molecule has 4 aliphatic rings. The highest BCUT2D eigenvalue weighted by Gasteiger charge is 2.50. The van der Waals surface area contributed by atoms with E-state index in [4.69, 9.17) is 0 Å². The lowest BCUT2D eigenvalue weighted by molar-refractivity contribution is -0.136. The van der Waals surface area contributed by atoms with E-state index in [0.717, 1.165) is 42.6 Å². The average molecular weight is 527 g/mol. The van der Waals surface area contributed by atoms with Crippen molar-refractivity contribution in [3.8, 4) is 6.07 Å². The summed E-state index contributed by atoms with van der Waals surface area (Å²) < 4.78 is 0. The molecule has 0 radical (unpaired) electrons.